The van der Waals surface area contributed by atoms with Crippen molar-refractivity contribution in [2.75, 3.05) is 6.54 Å². The summed E-state index contributed by atoms with van der Waals surface area (Å²) in [6.07, 6.45) is 4.64. The van der Waals surface area contributed by atoms with Crippen LogP contribution in [-0.2, 0) is 17.6 Å². The number of aliphatic imine (C=N–C) groups is 1. The molecule has 0 saturated heterocycles. The molecule has 34 heavy (non-hydrogen) atoms. The average Bonchev–Trinajstić information content (AvgIpc) is 3.21. The van der Waals surface area contributed by atoms with Gasteiger partial charge in [-0.05, 0) is 29.7 Å². The van der Waals surface area contributed by atoms with Gasteiger partial charge in [-0.3, -0.25) is 14.6 Å². The first-order chi connectivity index (χ1) is 16.3. The maximum Gasteiger partial charge on any atom is 0.168 e. The number of aromatic nitrogens is 1. The summed E-state index contributed by atoms with van der Waals surface area (Å²) in [5.74, 6) is 0.703. The molecule has 1 aromatic carbocycles. The van der Waals surface area contributed by atoms with Crippen molar-refractivity contribution in [3.8, 4) is 0 Å². The predicted molar refractivity (Wildman–Crippen MR) is 132 cm³/mol. The molecule has 1 heterocycles. The monoisotopic (exact) mass is 462 g/mol. The molecule has 0 amide bonds. The lowest BCUT2D eigenvalue weighted by molar-refractivity contribution is -0.117. The molecule has 4 rings (SSSR count). The van der Waals surface area contributed by atoms with Crippen molar-refractivity contribution in [3.05, 3.63) is 64.2 Å². The zero-order valence-electron chi connectivity index (χ0n) is 20.4. The fraction of sp³-hybridized carbons (Fsp3) is 0.500. The van der Waals surface area contributed by atoms with Crippen LogP contribution in [0.4, 0.5) is 0 Å². The number of carbonyl (C=O) groups is 2. The maximum absolute atomic E-state index is 13.0. The highest BCUT2D eigenvalue weighted by atomic mass is 16.5. The quantitative estimate of drug-likeness (QED) is 0.311. The van der Waals surface area contributed by atoms with Crippen LogP contribution < -0.4 is 0 Å². The standard InChI is InChI=1S/C28H34N2O4/c1-4-5-13-29-21-16-28(2,3)17-24(33)26(21)22(31)12-11-20-27-23(32)14-19(15-25(27)34-30-20)18-9-7-6-8-10-18/h6-10,19,31H,4-5,11-17H2,1-3H3/b26-22-,29-21?. The third-order valence-electron chi connectivity index (χ3n) is 6.80. The number of carbonyl (C=O) groups excluding carboxylic acids is 2. The molecule has 1 fully saturated rings. The largest absolute Gasteiger partial charge is 0.511 e. The molecule has 180 valence electrons. The molecule has 1 saturated carbocycles. The van der Waals surface area contributed by atoms with E-state index in [-0.39, 0.29) is 35.1 Å². The number of fused-ring (bicyclic) bond motifs is 1. The Labute approximate surface area is 201 Å². The van der Waals surface area contributed by atoms with Gasteiger partial charge in [-0.25, -0.2) is 0 Å². The number of ketones is 2. The van der Waals surface area contributed by atoms with Gasteiger partial charge in [-0.15, -0.1) is 0 Å². The van der Waals surface area contributed by atoms with Gasteiger partial charge >= 0.3 is 0 Å². The molecule has 0 spiro atoms. The molecule has 1 N–H and O–H groups in total. The molecule has 1 aromatic heterocycles. The molecule has 2 aliphatic carbocycles. The van der Waals surface area contributed by atoms with Crippen LogP contribution in [0.25, 0.3) is 0 Å². The number of rotatable bonds is 7. The molecule has 0 bridgehead atoms. The Hall–Kier alpha value is -3.02. The first kappa shape index (κ1) is 24.1. The van der Waals surface area contributed by atoms with Crippen molar-refractivity contribution in [3.63, 3.8) is 0 Å². The van der Waals surface area contributed by atoms with E-state index in [0.29, 0.717) is 67.0 Å². The van der Waals surface area contributed by atoms with Crippen LogP contribution in [0, 0.1) is 5.41 Å². The van der Waals surface area contributed by atoms with Crippen LogP contribution in [0.5, 0.6) is 0 Å². The average molecular weight is 463 g/mol. The molecule has 6 nitrogen and oxygen atoms in total. The zero-order valence-corrected chi connectivity index (χ0v) is 20.4. The molecule has 0 radical (unpaired) electrons. The lowest BCUT2D eigenvalue weighted by Crippen LogP contribution is -2.33. The van der Waals surface area contributed by atoms with Crippen LogP contribution in [0.15, 0.2) is 51.2 Å². The van der Waals surface area contributed by atoms with Crippen LogP contribution in [-0.4, -0.2) is 34.1 Å². The third-order valence-corrected chi connectivity index (χ3v) is 6.80. The van der Waals surface area contributed by atoms with Gasteiger partial charge in [-0.1, -0.05) is 62.7 Å². The molecule has 0 aliphatic heterocycles. The summed E-state index contributed by atoms with van der Waals surface area (Å²) in [5.41, 5.74) is 3.14. The number of allylic oxidation sites excluding steroid dienone is 2. The number of aliphatic hydroxyl groups is 1. The van der Waals surface area contributed by atoms with Crippen molar-refractivity contribution in [2.24, 2.45) is 10.4 Å². The molecular weight excluding hydrogens is 428 g/mol. The minimum Gasteiger partial charge on any atom is -0.511 e. The second-order valence-electron chi connectivity index (χ2n) is 10.3. The van der Waals surface area contributed by atoms with Crippen LogP contribution in [0.3, 0.4) is 0 Å². The highest BCUT2D eigenvalue weighted by Crippen LogP contribution is 2.37. The predicted octanol–water partition coefficient (Wildman–Crippen LogP) is 5.96. The van der Waals surface area contributed by atoms with Gasteiger partial charge in [0.25, 0.3) is 0 Å². The van der Waals surface area contributed by atoms with E-state index in [9.17, 15) is 14.7 Å². The highest BCUT2D eigenvalue weighted by Gasteiger charge is 2.37. The molecule has 2 aliphatic rings. The summed E-state index contributed by atoms with van der Waals surface area (Å²) in [5, 5.41) is 15.1. The molecular formula is C28H34N2O4. The van der Waals surface area contributed by atoms with Crippen molar-refractivity contribution in [1.82, 2.24) is 5.16 Å². The Kier molecular flexibility index (Phi) is 7.15. The van der Waals surface area contributed by atoms with Gasteiger partial charge in [0.05, 0.1) is 16.8 Å². The number of aryl methyl sites for hydroxylation is 1. The summed E-state index contributed by atoms with van der Waals surface area (Å²) in [6.45, 7) is 6.88. The zero-order chi connectivity index (χ0) is 24.3. The minimum absolute atomic E-state index is 0.0239. The summed E-state index contributed by atoms with van der Waals surface area (Å²) in [6, 6.07) is 9.99. The second-order valence-corrected chi connectivity index (χ2v) is 10.3. The van der Waals surface area contributed by atoms with Gasteiger partial charge in [0.2, 0.25) is 0 Å². The number of unbranched alkanes of at least 4 members (excludes halogenated alkanes) is 1. The smallest absolute Gasteiger partial charge is 0.168 e. The van der Waals surface area contributed by atoms with Crippen LogP contribution in [0.1, 0.15) is 92.6 Å². The van der Waals surface area contributed by atoms with Crippen molar-refractivity contribution in [2.45, 2.75) is 78.1 Å². The number of hydrogen-bond donors (Lipinski definition) is 1. The lowest BCUT2D eigenvalue weighted by atomic mass is 9.73. The van der Waals surface area contributed by atoms with Crippen molar-refractivity contribution >= 4 is 17.3 Å². The maximum atomic E-state index is 13.0. The second kappa shape index (κ2) is 10.1. The SMILES string of the molecule is CCCCN=C1CC(C)(C)CC(=O)/C1=C(\O)CCc1noc2c1C(=O)CC(c1ccccc1)C2. The van der Waals surface area contributed by atoms with Crippen LogP contribution in [0.2, 0.25) is 0 Å². The molecule has 1 unspecified atom stereocenters. The Morgan fingerprint density at radius 2 is 1.91 bits per heavy atom. The van der Waals surface area contributed by atoms with Crippen molar-refractivity contribution in [1.29, 1.82) is 0 Å². The van der Waals surface area contributed by atoms with Crippen molar-refractivity contribution < 1.29 is 19.2 Å². The van der Waals surface area contributed by atoms with Gasteiger partial charge in [0.15, 0.2) is 11.6 Å². The fourth-order valence-electron chi connectivity index (χ4n) is 5.06. The Balaban J connectivity index is 1.52. The van der Waals surface area contributed by atoms with Gasteiger partial charge < -0.3 is 9.63 Å². The van der Waals surface area contributed by atoms with E-state index in [1.807, 2.05) is 30.3 Å². The topological polar surface area (TPSA) is 92.8 Å². The van der Waals surface area contributed by atoms with E-state index in [1.54, 1.807) is 0 Å². The first-order valence-electron chi connectivity index (χ1n) is 12.3. The summed E-state index contributed by atoms with van der Waals surface area (Å²) >= 11 is 0. The summed E-state index contributed by atoms with van der Waals surface area (Å²) in [7, 11) is 0. The van der Waals surface area contributed by atoms with E-state index in [2.05, 4.69) is 30.9 Å². The molecule has 6 heteroatoms. The van der Waals surface area contributed by atoms with E-state index < -0.39 is 0 Å². The van der Waals surface area contributed by atoms with Crippen LogP contribution >= 0.6 is 0 Å². The van der Waals surface area contributed by atoms with Gasteiger partial charge in [-0.2, -0.15) is 0 Å². The third kappa shape index (κ3) is 5.21. The minimum atomic E-state index is -0.168. The Morgan fingerprint density at radius 1 is 1.15 bits per heavy atom. The normalized spacial score (nSPS) is 22.7. The van der Waals surface area contributed by atoms with E-state index in [0.717, 1.165) is 18.4 Å². The number of nitrogens with zero attached hydrogens (tertiary/aromatic N) is 2. The van der Waals surface area contributed by atoms with E-state index in [1.165, 1.54) is 0 Å². The first-order valence-corrected chi connectivity index (χ1v) is 12.3. The molecule has 2 aromatic rings. The number of hydrogen-bond acceptors (Lipinski definition) is 6. The fourth-order valence-corrected chi connectivity index (χ4v) is 5.06. The summed E-state index contributed by atoms with van der Waals surface area (Å²) in [4.78, 5) is 30.6. The lowest BCUT2D eigenvalue weighted by Gasteiger charge is -2.31. The Morgan fingerprint density at radius 3 is 2.65 bits per heavy atom. The number of aliphatic hydroxyl groups excluding tert-OH is 1. The number of Topliss-reactive ketones (excluding diaryl/α,β-unsaturated/α-hetero) is 2. The highest BCUT2D eigenvalue weighted by molar-refractivity contribution is 6.24. The number of benzene rings is 1. The van der Waals surface area contributed by atoms with Gasteiger partial charge in [0, 0.05) is 44.4 Å². The van der Waals surface area contributed by atoms with E-state index in [4.69, 9.17) is 4.52 Å². The van der Waals surface area contributed by atoms with Gasteiger partial charge in [0.1, 0.15) is 11.5 Å². The molecule has 1 atom stereocenters. The van der Waals surface area contributed by atoms with E-state index >= 15 is 0 Å². The summed E-state index contributed by atoms with van der Waals surface area (Å²) < 4.78 is 5.56. The Bertz CT molecular complexity index is 1120.